The van der Waals surface area contributed by atoms with Crippen molar-refractivity contribution in [3.63, 3.8) is 0 Å². The molecule has 0 bridgehead atoms. The first kappa shape index (κ1) is 12.6. The van der Waals surface area contributed by atoms with Crippen LogP contribution in [0.4, 0.5) is 5.69 Å². The summed E-state index contributed by atoms with van der Waals surface area (Å²) in [7, 11) is 0. The summed E-state index contributed by atoms with van der Waals surface area (Å²) in [5, 5.41) is 11.6. The van der Waals surface area contributed by atoms with Crippen molar-refractivity contribution in [2.45, 2.75) is 26.7 Å². The molecule has 1 fully saturated rings. The number of aromatic carboxylic acids is 1. The predicted molar refractivity (Wildman–Crippen MR) is 68.5 cm³/mol. The first-order chi connectivity index (χ1) is 8.46. The second-order valence-electron chi connectivity index (χ2n) is 5.14. The van der Waals surface area contributed by atoms with Crippen molar-refractivity contribution in [1.29, 1.82) is 0 Å². The fraction of sp³-hybridized carbons (Fsp3) is 0.429. The Balaban J connectivity index is 1.98. The van der Waals surface area contributed by atoms with E-state index in [0.717, 1.165) is 12.8 Å². The zero-order valence-corrected chi connectivity index (χ0v) is 10.6. The number of carbonyl (C=O) groups excluding carboxylic acids is 1. The third-order valence-corrected chi connectivity index (χ3v) is 3.88. The number of anilines is 1. The van der Waals surface area contributed by atoms with Crippen LogP contribution in [0.2, 0.25) is 0 Å². The minimum Gasteiger partial charge on any atom is -0.478 e. The Bertz CT molecular complexity index is 480. The monoisotopic (exact) mass is 247 g/mol. The third-order valence-electron chi connectivity index (χ3n) is 3.88. The summed E-state index contributed by atoms with van der Waals surface area (Å²) in [5.74, 6) is -0.849. The van der Waals surface area contributed by atoms with Gasteiger partial charge in [-0.05, 0) is 42.5 Å². The van der Waals surface area contributed by atoms with Gasteiger partial charge in [-0.1, -0.05) is 13.8 Å². The highest BCUT2D eigenvalue weighted by molar-refractivity contribution is 5.95. The molecule has 4 nitrogen and oxygen atoms in total. The Morgan fingerprint density at radius 1 is 1.39 bits per heavy atom. The normalized spacial score (nSPS) is 25.6. The van der Waals surface area contributed by atoms with Gasteiger partial charge in [-0.3, -0.25) is 4.79 Å². The molecule has 2 unspecified atom stereocenters. The van der Waals surface area contributed by atoms with Crippen molar-refractivity contribution in [1.82, 2.24) is 0 Å². The van der Waals surface area contributed by atoms with Crippen molar-refractivity contribution in [2.75, 3.05) is 5.32 Å². The highest BCUT2D eigenvalue weighted by atomic mass is 16.4. The summed E-state index contributed by atoms with van der Waals surface area (Å²) in [4.78, 5) is 22.6. The van der Waals surface area contributed by atoms with Gasteiger partial charge in [0.2, 0.25) is 5.91 Å². The van der Waals surface area contributed by atoms with Crippen LogP contribution in [-0.2, 0) is 4.79 Å². The number of rotatable bonds is 4. The lowest BCUT2D eigenvalue weighted by Crippen LogP contribution is -2.17. The Morgan fingerprint density at radius 3 is 2.44 bits per heavy atom. The molecule has 1 aromatic rings. The van der Waals surface area contributed by atoms with E-state index in [1.165, 1.54) is 12.1 Å². The second-order valence-corrected chi connectivity index (χ2v) is 5.14. The molecule has 0 radical (unpaired) electrons. The van der Waals surface area contributed by atoms with Crippen molar-refractivity contribution in [3.05, 3.63) is 29.8 Å². The Hall–Kier alpha value is -1.84. The van der Waals surface area contributed by atoms with Gasteiger partial charge in [0, 0.05) is 11.6 Å². The topological polar surface area (TPSA) is 66.4 Å². The van der Waals surface area contributed by atoms with Crippen molar-refractivity contribution in [3.8, 4) is 0 Å². The van der Waals surface area contributed by atoms with E-state index >= 15 is 0 Å². The Morgan fingerprint density at radius 2 is 2.00 bits per heavy atom. The van der Waals surface area contributed by atoms with Crippen LogP contribution in [0.1, 0.15) is 37.0 Å². The summed E-state index contributed by atoms with van der Waals surface area (Å²) in [6.07, 6.45) is 1.94. The van der Waals surface area contributed by atoms with Gasteiger partial charge >= 0.3 is 5.97 Å². The molecule has 0 saturated heterocycles. The lowest BCUT2D eigenvalue weighted by atomic mass is 10.0. The number of benzene rings is 1. The molecule has 1 aromatic carbocycles. The number of hydrogen-bond donors (Lipinski definition) is 2. The maximum absolute atomic E-state index is 11.9. The highest BCUT2D eigenvalue weighted by Gasteiger charge is 2.52. The predicted octanol–water partition coefficient (Wildman–Crippen LogP) is 2.76. The number of amides is 1. The molecule has 96 valence electrons. The van der Waals surface area contributed by atoms with Crippen molar-refractivity contribution < 1.29 is 14.7 Å². The molecule has 18 heavy (non-hydrogen) atoms. The van der Waals surface area contributed by atoms with Gasteiger partial charge < -0.3 is 10.4 Å². The molecule has 0 aliphatic heterocycles. The maximum atomic E-state index is 11.9. The van der Waals surface area contributed by atoms with E-state index in [1.807, 2.05) is 0 Å². The average Bonchev–Trinajstić information content (AvgIpc) is 3.03. The maximum Gasteiger partial charge on any atom is 0.335 e. The second kappa shape index (κ2) is 4.44. The third kappa shape index (κ3) is 2.37. The molecular formula is C14H17NO3. The lowest BCUT2D eigenvalue weighted by molar-refractivity contribution is -0.118. The standard InChI is InChI=1S/C14H17NO3/c1-3-14(2)8-11(14)12(16)15-10-6-4-9(5-7-10)13(17)18/h4-7,11H,3,8H2,1-2H3,(H,15,16)(H,17,18). The number of carbonyl (C=O) groups is 2. The van der Waals surface area contributed by atoms with Crippen molar-refractivity contribution >= 4 is 17.6 Å². The molecule has 1 saturated carbocycles. The van der Waals surface area contributed by atoms with Crippen LogP contribution < -0.4 is 5.32 Å². The van der Waals surface area contributed by atoms with E-state index < -0.39 is 5.97 Å². The molecule has 4 heteroatoms. The smallest absolute Gasteiger partial charge is 0.335 e. The molecule has 2 N–H and O–H groups in total. The summed E-state index contributed by atoms with van der Waals surface area (Å²) >= 11 is 0. The molecule has 0 aromatic heterocycles. The fourth-order valence-corrected chi connectivity index (χ4v) is 2.13. The summed E-state index contributed by atoms with van der Waals surface area (Å²) in [5.41, 5.74) is 1.01. The Labute approximate surface area is 106 Å². The van der Waals surface area contributed by atoms with Gasteiger partial charge in [0.05, 0.1) is 5.56 Å². The lowest BCUT2D eigenvalue weighted by Gasteiger charge is -2.08. The van der Waals surface area contributed by atoms with Crippen LogP contribution >= 0.6 is 0 Å². The minimum atomic E-state index is -0.964. The number of carboxylic acids is 1. The largest absolute Gasteiger partial charge is 0.478 e. The van der Waals surface area contributed by atoms with Crippen LogP contribution in [0.5, 0.6) is 0 Å². The van der Waals surface area contributed by atoms with Gasteiger partial charge in [-0.2, -0.15) is 0 Å². The molecular weight excluding hydrogens is 230 g/mol. The quantitative estimate of drug-likeness (QED) is 0.859. The number of carboxylic acid groups (broad SMARTS) is 1. The van der Waals surface area contributed by atoms with E-state index in [0.29, 0.717) is 5.69 Å². The van der Waals surface area contributed by atoms with Crippen LogP contribution in [0, 0.1) is 11.3 Å². The van der Waals surface area contributed by atoms with Crippen LogP contribution in [0.25, 0.3) is 0 Å². The molecule has 0 heterocycles. The van der Waals surface area contributed by atoms with Gasteiger partial charge in [-0.15, -0.1) is 0 Å². The molecule has 1 amide bonds. The average molecular weight is 247 g/mol. The first-order valence-electron chi connectivity index (χ1n) is 6.10. The van der Waals surface area contributed by atoms with E-state index in [-0.39, 0.29) is 22.8 Å². The van der Waals surface area contributed by atoms with E-state index in [9.17, 15) is 9.59 Å². The minimum absolute atomic E-state index is 0.0300. The molecule has 2 atom stereocenters. The number of hydrogen-bond acceptors (Lipinski definition) is 2. The van der Waals surface area contributed by atoms with Gasteiger partial charge in [0.15, 0.2) is 0 Å². The van der Waals surface area contributed by atoms with Crippen LogP contribution in [0.3, 0.4) is 0 Å². The van der Waals surface area contributed by atoms with E-state index in [2.05, 4.69) is 19.2 Å². The summed E-state index contributed by atoms with van der Waals surface area (Å²) in [6.45, 7) is 4.21. The van der Waals surface area contributed by atoms with Crippen LogP contribution in [-0.4, -0.2) is 17.0 Å². The van der Waals surface area contributed by atoms with Gasteiger partial charge in [-0.25, -0.2) is 4.79 Å². The molecule has 1 aliphatic rings. The van der Waals surface area contributed by atoms with Gasteiger partial charge in [0.1, 0.15) is 0 Å². The summed E-state index contributed by atoms with van der Waals surface area (Å²) < 4.78 is 0. The summed E-state index contributed by atoms with van der Waals surface area (Å²) in [6, 6.07) is 6.22. The zero-order valence-electron chi connectivity index (χ0n) is 10.6. The van der Waals surface area contributed by atoms with Gasteiger partial charge in [0.25, 0.3) is 0 Å². The van der Waals surface area contributed by atoms with Crippen LogP contribution in [0.15, 0.2) is 24.3 Å². The SMILES string of the molecule is CCC1(C)CC1C(=O)Nc1ccc(C(=O)O)cc1. The van der Waals surface area contributed by atoms with E-state index in [4.69, 9.17) is 5.11 Å². The molecule has 2 rings (SSSR count). The van der Waals surface area contributed by atoms with E-state index in [1.54, 1.807) is 12.1 Å². The highest BCUT2D eigenvalue weighted by Crippen LogP contribution is 2.55. The fourth-order valence-electron chi connectivity index (χ4n) is 2.13. The first-order valence-corrected chi connectivity index (χ1v) is 6.10. The molecule has 1 aliphatic carbocycles. The molecule has 0 spiro atoms. The Kier molecular flexibility index (Phi) is 3.11. The zero-order chi connectivity index (χ0) is 13.3. The van der Waals surface area contributed by atoms with Crippen molar-refractivity contribution in [2.24, 2.45) is 11.3 Å². The number of nitrogens with one attached hydrogen (secondary N) is 1.